The second kappa shape index (κ2) is 9.40. The Hall–Kier alpha value is -3.39. The van der Waals surface area contributed by atoms with Crippen LogP contribution >= 0.6 is 12.2 Å². The predicted molar refractivity (Wildman–Crippen MR) is 126 cm³/mol. The smallest absolute Gasteiger partial charge is 0.276 e. The fourth-order valence-corrected chi connectivity index (χ4v) is 3.70. The standard InChI is InChI=1S/C24H25N3O4S/c1-3-30-21-13-16(12-19-23(29)27(18-9-10-18)24(32)26-19)6-11-20(21)31-14-22(28)25-17-7-4-15(2)5-8-17/h4-8,11-13,18H,3,9-10,14H2,1-2H3,(H,25,28)(H,26,32)/b19-12+. The maximum atomic E-state index is 12.6. The molecule has 4 rings (SSSR count). The average molecular weight is 452 g/mol. The summed E-state index contributed by atoms with van der Waals surface area (Å²) in [5.74, 6) is 0.575. The summed E-state index contributed by atoms with van der Waals surface area (Å²) >= 11 is 5.30. The Labute approximate surface area is 192 Å². The lowest BCUT2D eigenvalue weighted by Crippen LogP contribution is -2.32. The largest absolute Gasteiger partial charge is 0.490 e. The van der Waals surface area contributed by atoms with Gasteiger partial charge >= 0.3 is 0 Å². The summed E-state index contributed by atoms with van der Waals surface area (Å²) in [6.45, 7) is 4.13. The number of nitrogens with one attached hydrogen (secondary N) is 2. The normalized spacial score (nSPS) is 16.8. The van der Waals surface area contributed by atoms with Crippen molar-refractivity contribution in [2.45, 2.75) is 32.7 Å². The van der Waals surface area contributed by atoms with Crippen LogP contribution in [0.2, 0.25) is 0 Å². The van der Waals surface area contributed by atoms with Crippen molar-refractivity contribution in [1.29, 1.82) is 0 Å². The first-order valence-corrected chi connectivity index (χ1v) is 11.0. The van der Waals surface area contributed by atoms with Crippen LogP contribution in [0.1, 0.15) is 30.9 Å². The molecule has 0 atom stereocenters. The van der Waals surface area contributed by atoms with Crippen LogP contribution in [0.15, 0.2) is 48.2 Å². The molecule has 2 amide bonds. The van der Waals surface area contributed by atoms with Gasteiger partial charge in [-0.05, 0) is 74.8 Å². The molecule has 1 saturated heterocycles. The number of hydrogen-bond acceptors (Lipinski definition) is 5. The van der Waals surface area contributed by atoms with Gasteiger partial charge in [-0.1, -0.05) is 23.8 Å². The highest BCUT2D eigenvalue weighted by atomic mass is 32.1. The second-order valence-electron chi connectivity index (χ2n) is 7.74. The van der Waals surface area contributed by atoms with E-state index in [1.807, 2.05) is 38.1 Å². The predicted octanol–water partition coefficient (Wildman–Crippen LogP) is 3.63. The lowest BCUT2D eigenvalue weighted by atomic mass is 10.1. The highest BCUT2D eigenvalue weighted by Crippen LogP contribution is 2.32. The number of aryl methyl sites for hydroxylation is 1. The van der Waals surface area contributed by atoms with Crippen molar-refractivity contribution in [3.8, 4) is 11.5 Å². The summed E-state index contributed by atoms with van der Waals surface area (Å²) in [6, 6.07) is 13.1. The van der Waals surface area contributed by atoms with Crippen LogP contribution in [0.4, 0.5) is 5.69 Å². The summed E-state index contributed by atoms with van der Waals surface area (Å²) in [6.07, 6.45) is 3.71. The zero-order valence-electron chi connectivity index (χ0n) is 18.0. The molecule has 1 heterocycles. The molecule has 0 radical (unpaired) electrons. The van der Waals surface area contributed by atoms with E-state index in [4.69, 9.17) is 21.7 Å². The Kier molecular flexibility index (Phi) is 6.41. The molecule has 1 aliphatic carbocycles. The van der Waals surface area contributed by atoms with Crippen LogP contribution in [0.25, 0.3) is 6.08 Å². The Bertz CT molecular complexity index is 1080. The molecule has 1 aliphatic heterocycles. The molecule has 7 nitrogen and oxygen atoms in total. The van der Waals surface area contributed by atoms with E-state index < -0.39 is 0 Å². The van der Waals surface area contributed by atoms with Crippen molar-refractivity contribution in [2.75, 3.05) is 18.5 Å². The van der Waals surface area contributed by atoms with Crippen LogP contribution in [-0.2, 0) is 9.59 Å². The highest BCUT2D eigenvalue weighted by Gasteiger charge is 2.41. The van der Waals surface area contributed by atoms with E-state index in [1.165, 1.54) is 0 Å². The van der Waals surface area contributed by atoms with Crippen molar-refractivity contribution < 1.29 is 19.1 Å². The number of nitrogens with zero attached hydrogens (tertiary/aromatic N) is 1. The first-order valence-electron chi connectivity index (χ1n) is 10.6. The molecule has 8 heteroatoms. The van der Waals surface area contributed by atoms with E-state index >= 15 is 0 Å². The number of anilines is 1. The molecule has 0 unspecified atom stereocenters. The first-order chi connectivity index (χ1) is 15.4. The summed E-state index contributed by atoms with van der Waals surface area (Å²) in [4.78, 5) is 26.5. The molecule has 0 aromatic heterocycles. The van der Waals surface area contributed by atoms with Gasteiger partial charge in [-0.15, -0.1) is 0 Å². The van der Waals surface area contributed by atoms with E-state index in [2.05, 4.69) is 10.6 Å². The molecular formula is C24H25N3O4S. The van der Waals surface area contributed by atoms with Crippen LogP contribution in [0.5, 0.6) is 11.5 Å². The first kappa shape index (κ1) is 21.8. The third kappa shape index (κ3) is 5.08. The van der Waals surface area contributed by atoms with Gasteiger partial charge < -0.3 is 20.1 Å². The van der Waals surface area contributed by atoms with Crippen LogP contribution in [0.3, 0.4) is 0 Å². The molecule has 2 aromatic carbocycles. The summed E-state index contributed by atoms with van der Waals surface area (Å²) < 4.78 is 11.4. The quantitative estimate of drug-likeness (QED) is 0.471. The van der Waals surface area contributed by atoms with E-state index in [0.29, 0.717) is 34.6 Å². The zero-order valence-corrected chi connectivity index (χ0v) is 18.8. The number of thiocarbonyl (C=S) groups is 1. The van der Waals surface area contributed by atoms with E-state index in [1.54, 1.807) is 29.2 Å². The highest BCUT2D eigenvalue weighted by molar-refractivity contribution is 7.80. The molecule has 2 N–H and O–H groups in total. The number of amides is 2. The fraction of sp³-hybridized carbons (Fsp3) is 0.292. The third-order valence-electron chi connectivity index (χ3n) is 5.09. The topological polar surface area (TPSA) is 79.9 Å². The lowest BCUT2D eigenvalue weighted by Gasteiger charge is -2.13. The lowest BCUT2D eigenvalue weighted by molar-refractivity contribution is -0.122. The average Bonchev–Trinajstić information content (AvgIpc) is 3.55. The molecule has 0 bridgehead atoms. The minimum absolute atomic E-state index is 0.108. The Balaban J connectivity index is 1.43. The Morgan fingerprint density at radius 2 is 1.94 bits per heavy atom. The summed E-state index contributed by atoms with van der Waals surface area (Å²) in [5, 5.41) is 6.25. The molecule has 1 saturated carbocycles. The van der Waals surface area contributed by atoms with Gasteiger partial charge in [0.15, 0.2) is 23.2 Å². The second-order valence-corrected chi connectivity index (χ2v) is 8.12. The minimum atomic E-state index is -0.267. The summed E-state index contributed by atoms with van der Waals surface area (Å²) in [7, 11) is 0. The Morgan fingerprint density at radius 1 is 1.19 bits per heavy atom. The van der Waals surface area contributed by atoms with Crippen molar-refractivity contribution >= 4 is 40.9 Å². The Morgan fingerprint density at radius 3 is 2.62 bits per heavy atom. The monoisotopic (exact) mass is 451 g/mol. The molecular weight excluding hydrogens is 426 g/mol. The van der Waals surface area contributed by atoms with Crippen molar-refractivity contribution in [3.63, 3.8) is 0 Å². The van der Waals surface area contributed by atoms with E-state index in [-0.39, 0.29) is 24.5 Å². The number of hydrogen-bond donors (Lipinski definition) is 2. The van der Waals surface area contributed by atoms with Gasteiger partial charge in [-0.25, -0.2) is 0 Å². The maximum absolute atomic E-state index is 12.6. The van der Waals surface area contributed by atoms with Crippen LogP contribution in [-0.4, -0.2) is 41.1 Å². The molecule has 166 valence electrons. The van der Waals surface area contributed by atoms with Crippen LogP contribution in [0, 0.1) is 6.92 Å². The number of benzene rings is 2. The summed E-state index contributed by atoms with van der Waals surface area (Å²) in [5.41, 5.74) is 3.03. The molecule has 0 spiro atoms. The van der Waals surface area contributed by atoms with Gasteiger partial charge in [0.1, 0.15) is 5.70 Å². The van der Waals surface area contributed by atoms with Gasteiger partial charge in [-0.2, -0.15) is 0 Å². The van der Waals surface area contributed by atoms with Gasteiger partial charge in [-0.3, -0.25) is 14.5 Å². The number of carbonyl (C=O) groups is 2. The molecule has 2 fully saturated rings. The van der Waals surface area contributed by atoms with Gasteiger partial charge in [0.05, 0.1) is 6.61 Å². The fourth-order valence-electron chi connectivity index (χ4n) is 3.36. The molecule has 2 aliphatic rings. The van der Waals surface area contributed by atoms with Crippen molar-refractivity contribution in [2.24, 2.45) is 0 Å². The van der Waals surface area contributed by atoms with Crippen molar-refractivity contribution in [3.05, 3.63) is 59.3 Å². The number of carbonyl (C=O) groups excluding carboxylic acids is 2. The SMILES string of the molecule is CCOc1cc(/C=C2/NC(=S)N(C3CC3)C2=O)ccc1OCC(=O)Nc1ccc(C)cc1. The van der Waals surface area contributed by atoms with Gasteiger partial charge in [0, 0.05) is 11.7 Å². The van der Waals surface area contributed by atoms with Crippen LogP contribution < -0.4 is 20.1 Å². The minimum Gasteiger partial charge on any atom is -0.490 e. The number of rotatable bonds is 8. The van der Waals surface area contributed by atoms with E-state index in [9.17, 15) is 9.59 Å². The maximum Gasteiger partial charge on any atom is 0.276 e. The molecule has 32 heavy (non-hydrogen) atoms. The van der Waals surface area contributed by atoms with Gasteiger partial charge in [0.2, 0.25) is 0 Å². The van der Waals surface area contributed by atoms with Crippen molar-refractivity contribution in [1.82, 2.24) is 10.2 Å². The van der Waals surface area contributed by atoms with Gasteiger partial charge in [0.25, 0.3) is 11.8 Å². The molecule has 2 aromatic rings. The third-order valence-corrected chi connectivity index (χ3v) is 5.39. The number of ether oxygens (including phenoxy) is 2. The van der Waals surface area contributed by atoms with E-state index in [0.717, 1.165) is 24.0 Å². The zero-order chi connectivity index (χ0) is 22.7.